The lowest BCUT2D eigenvalue weighted by Gasteiger charge is -2.31. The third-order valence-electron chi connectivity index (χ3n) is 4.83. The number of carbonyl (C=O) groups is 2. The standard InChI is InChI=1S/C19H29N3O2/c1-14-6-5-7-17(12-14)18(21(3)4)13-20-19(24)16-8-10-22(11-9-16)15(2)23/h5-7,12,16,18H,8-11,13H2,1-4H3,(H,20,24). The number of likely N-dealkylation sites (tertiary alicyclic amines) is 1. The number of piperidine rings is 1. The molecule has 1 aromatic carbocycles. The van der Waals surface area contributed by atoms with Crippen molar-refractivity contribution in [3.05, 3.63) is 35.4 Å². The average Bonchev–Trinajstić information content (AvgIpc) is 2.54. The molecule has 1 saturated heterocycles. The Balaban J connectivity index is 1.90. The maximum atomic E-state index is 12.5. The van der Waals surface area contributed by atoms with Crippen molar-refractivity contribution in [1.82, 2.24) is 15.1 Å². The minimum absolute atomic E-state index is 0.0147. The zero-order valence-electron chi connectivity index (χ0n) is 15.2. The number of nitrogens with zero attached hydrogens (tertiary/aromatic N) is 2. The maximum Gasteiger partial charge on any atom is 0.223 e. The molecular weight excluding hydrogens is 302 g/mol. The molecular formula is C19H29N3O2. The molecule has 1 aliphatic heterocycles. The van der Waals surface area contributed by atoms with Crippen LogP contribution < -0.4 is 5.32 Å². The number of hydrogen-bond acceptors (Lipinski definition) is 3. The van der Waals surface area contributed by atoms with E-state index in [0.717, 1.165) is 12.8 Å². The molecule has 1 aromatic rings. The second-order valence-corrected chi connectivity index (χ2v) is 6.92. The van der Waals surface area contributed by atoms with Gasteiger partial charge in [-0.05, 0) is 39.4 Å². The van der Waals surface area contributed by atoms with Crippen molar-refractivity contribution in [2.24, 2.45) is 5.92 Å². The molecule has 24 heavy (non-hydrogen) atoms. The number of aryl methyl sites for hydroxylation is 1. The van der Waals surface area contributed by atoms with Crippen molar-refractivity contribution in [1.29, 1.82) is 0 Å². The van der Waals surface area contributed by atoms with Crippen LogP contribution >= 0.6 is 0 Å². The first kappa shape index (κ1) is 18.5. The Kier molecular flexibility index (Phi) is 6.37. The highest BCUT2D eigenvalue weighted by molar-refractivity contribution is 5.79. The Labute approximate surface area is 145 Å². The predicted molar refractivity (Wildman–Crippen MR) is 95.6 cm³/mol. The summed E-state index contributed by atoms with van der Waals surface area (Å²) in [6, 6.07) is 8.57. The molecule has 5 nitrogen and oxygen atoms in total. The summed E-state index contributed by atoms with van der Waals surface area (Å²) in [6.07, 6.45) is 1.50. The fourth-order valence-corrected chi connectivity index (χ4v) is 3.27. The summed E-state index contributed by atoms with van der Waals surface area (Å²) in [7, 11) is 4.06. The lowest BCUT2D eigenvalue weighted by atomic mass is 9.95. The number of rotatable bonds is 5. The molecule has 1 aliphatic rings. The van der Waals surface area contributed by atoms with E-state index in [-0.39, 0.29) is 23.8 Å². The lowest BCUT2D eigenvalue weighted by molar-refractivity contribution is -0.134. The van der Waals surface area contributed by atoms with Crippen LogP contribution in [0.3, 0.4) is 0 Å². The Morgan fingerprint density at radius 2 is 1.96 bits per heavy atom. The highest BCUT2D eigenvalue weighted by atomic mass is 16.2. The van der Waals surface area contributed by atoms with Crippen LogP contribution in [0.5, 0.6) is 0 Å². The number of amides is 2. The summed E-state index contributed by atoms with van der Waals surface area (Å²) >= 11 is 0. The number of benzene rings is 1. The molecule has 2 amide bonds. The van der Waals surface area contributed by atoms with Crippen molar-refractivity contribution < 1.29 is 9.59 Å². The van der Waals surface area contributed by atoms with Gasteiger partial charge in [0.15, 0.2) is 0 Å². The van der Waals surface area contributed by atoms with Gasteiger partial charge in [-0.1, -0.05) is 29.8 Å². The highest BCUT2D eigenvalue weighted by Gasteiger charge is 2.26. The quantitative estimate of drug-likeness (QED) is 0.897. The van der Waals surface area contributed by atoms with E-state index in [1.54, 1.807) is 6.92 Å². The minimum Gasteiger partial charge on any atom is -0.354 e. The van der Waals surface area contributed by atoms with Gasteiger partial charge >= 0.3 is 0 Å². The number of likely N-dealkylation sites (N-methyl/N-ethyl adjacent to an activating group) is 1. The van der Waals surface area contributed by atoms with Crippen LogP contribution in [0, 0.1) is 12.8 Å². The fourth-order valence-electron chi connectivity index (χ4n) is 3.27. The first-order valence-corrected chi connectivity index (χ1v) is 8.64. The van der Waals surface area contributed by atoms with Crippen molar-refractivity contribution >= 4 is 11.8 Å². The Hall–Kier alpha value is -1.88. The van der Waals surface area contributed by atoms with E-state index in [2.05, 4.69) is 41.4 Å². The smallest absolute Gasteiger partial charge is 0.223 e. The molecule has 0 spiro atoms. The van der Waals surface area contributed by atoms with Crippen LogP contribution in [0.4, 0.5) is 0 Å². The second kappa shape index (κ2) is 8.29. The van der Waals surface area contributed by atoms with Crippen molar-refractivity contribution in [2.45, 2.75) is 32.7 Å². The zero-order valence-corrected chi connectivity index (χ0v) is 15.2. The maximum absolute atomic E-state index is 12.5. The van der Waals surface area contributed by atoms with Crippen LogP contribution in [0.1, 0.15) is 36.9 Å². The van der Waals surface area contributed by atoms with Crippen molar-refractivity contribution in [3.8, 4) is 0 Å². The topological polar surface area (TPSA) is 52.7 Å². The Bertz CT molecular complexity index is 578. The number of hydrogen-bond donors (Lipinski definition) is 1. The van der Waals surface area contributed by atoms with E-state index in [0.29, 0.717) is 19.6 Å². The van der Waals surface area contributed by atoms with E-state index in [4.69, 9.17) is 0 Å². The molecule has 132 valence electrons. The summed E-state index contributed by atoms with van der Waals surface area (Å²) in [5.41, 5.74) is 2.44. The fraction of sp³-hybridized carbons (Fsp3) is 0.579. The predicted octanol–water partition coefficient (Wildman–Crippen LogP) is 1.97. The van der Waals surface area contributed by atoms with Gasteiger partial charge in [-0.25, -0.2) is 0 Å². The van der Waals surface area contributed by atoms with Crippen molar-refractivity contribution in [2.75, 3.05) is 33.7 Å². The first-order valence-electron chi connectivity index (χ1n) is 8.64. The van der Waals surface area contributed by atoms with E-state index >= 15 is 0 Å². The second-order valence-electron chi connectivity index (χ2n) is 6.92. The van der Waals surface area contributed by atoms with Gasteiger partial charge in [0.05, 0.1) is 6.04 Å². The van der Waals surface area contributed by atoms with Crippen LogP contribution in [0.25, 0.3) is 0 Å². The summed E-state index contributed by atoms with van der Waals surface area (Å²) in [6.45, 7) is 5.63. The normalized spacial score (nSPS) is 17.0. The lowest BCUT2D eigenvalue weighted by Crippen LogP contribution is -2.43. The molecule has 0 aromatic heterocycles. The van der Waals surface area contributed by atoms with Gasteiger partial charge in [0, 0.05) is 32.5 Å². The molecule has 2 rings (SSSR count). The number of nitrogens with one attached hydrogen (secondary N) is 1. The molecule has 0 saturated carbocycles. The molecule has 1 unspecified atom stereocenters. The monoisotopic (exact) mass is 331 g/mol. The van der Waals surface area contributed by atoms with Gasteiger partial charge < -0.3 is 15.1 Å². The Morgan fingerprint density at radius 1 is 1.29 bits per heavy atom. The van der Waals surface area contributed by atoms with Gasteiger partial charge in [0.25, 0.3) is 0 Å². The van der Waals surface area contributed by atoms with Crippen LogP contribution in [0.15, 0.2) is 24.3 Å². The molecule has 1 fully saturated rings. The van der Waals surface area contributed by atoms with E-state index < -0.39 is 0 Å². The van der Waals surface area contributed by atoms with Gasteiger partial charge in [0.1, 0.15) is 0 Å². The molecule has 1 heterocycles. The van der Waals surface area contributed by atoms with Crippen LogP contribution in [-0.2, 0) is 9.59 Å². The SMILES string of the molecule is CC(=O)N1CCC(C(=O)NCC(c2cccc(C)c2)N(C)C)CC1. The third-order valence-corrected chi connectivity index (χ3v) is 4.83. The summed E-state index contributed by atoms with van der Waals surface area (Å²) in [5, 5.41) is 3.11. The largest absolute Gasteiger partial charge is 0.354 e. The van der Waals surface area contributed by atoms with Gasteiger partial charge in [0.2, 0.25) is 11.8 Å². The zero-order chi connectivity index (χ0) is 17.7. The van der Waals surface area contributed by atoms with Gasteiger partial charge in [-0.15, -0.1) is 0 Å². The van der Waals surface area contributed by atoms with E-state index in [9.17, 15) is 9.59 Å². The highest BCUT2D eigenvalue weighted by Crippen LogP contribution is 2.20. The van der Waals surface area contributed by atoms with Crippen molar-refractivity contribution in [3.63, 3.8) is 0 Å². The minimum atomic E-state index is 0.0147. The summed E-state index contributed by atoms with van der Waals surface area (Å²) in [5.74, 6) is 0.222. The third kappa shape index (κ3) is 4.81. The molecule has 0 aliphatic carbocycles. The van der Waals surface area contributed by atoms with E-state index in [1.165, 1.54) is 11.1 Å². The molecule has 1 N–H and O–H groups in total. The molecule has 5 heteroatoms. The molecule has 0 bridgehead atoms. The van der Waals surface area contributed by atoms with Crippen LogP contribution in [-0.4, -0.2) is 55.3 Å². The Morgan fingerprint density at radius 3 is 2.50 bits per heavy atom. The number of carbonyl (C=O) groups excluding carboxylic acids is 2. The molecule has 0 radical (unpaired) electrons. The van der Waals surface area contributed by atoms with Gasteiger partial charge in [-0.2, -0.15) is 0 Å². The van der Waals surface area contributed by atoms with Gasteiger partial charge in [-0.3, -0.25) is 9.59 Å². The van der Waals surface area contributed by atoms with Crippen LogP contribution in [0.2, 0.25) is 0 Å². The first-order chi connectivity index (χ1) is 11.4. The summed E-state index contributed by atoms with van der Waals surface area (Å²) < 4.78 is 0. The molecule has 1 atom stereocenters. The van der Waals surface area contributed by atoms with E-state index in [1.807, 2.05) is 19.0 Å². The summed E-state index contributed by atoms with van der Waals surface area (Å²) in [4.78, 5) is 27.8. The average molecular weight is 331 g/mol.